The van der Waals surface area contributed by atoms with Gasteiger partial charge in [-0.25, -0.2) is 29.9 Å². The number of rotatable bonds is 10. The lowest BCUT2D eigenvalue weighted by Crippen LogP contribution is -2.52. The quantitative estimate of drug-likeness (QED) is 0.124. The summed E-state index contributed by atoms with van der Waals surface area (Å²) in [5.41, 5.74) is 11.0. The summed E-state index contributed by atoms with van der Waals surface area (Å²) >= 11 is 6.06. The molecule has 0 radical (unpaired) electrons. The molecular weight excluding hydrogens is 893 g/mol. The van der Waals surface area contributed by atoms with E-state index in [1.54, 1.807) is 61.6 Å². The molecule has 20 heteroatoms. The number of aromatic nitrogens is 4. The van der Waals surface area contributed by atoms with Crippen LogP contribution in [0.5, 0.6) is 11.5 Å². The summed E-state index contributed by atoms with van der Waals surface area (Å²) in [6.07, 6.45) is 4.72. The number of nitrogens with zero attached hydrogens (tertiary/aromatic N) is 6. The molecule has 0 aromatic carbocycles. The Morgan fingerprint density at radius 1 is 0.719 bits per heavy atom. The first-order valence-electron chi connectivity index (χ1n) is 20.4. The predicted molar refractivity (Wildman–Crippen MR) is 254 cm³/mol. The smallest absolute Gasteiger partial charge is 0.275 e. The summed E-state index contributed by atoms with van der Waals surface area (Å²) in [6, 6.07) is 6.58. The molecule has 0 bridgehead atoms. The Morgan fingerprint density at radius 3 is 1.52 bits per heavy atom. The van der Waals surface area contributed by atoms with E-state index >= 15 is 0 Å². The Balaban J connectivity index is 0.000000191. The SMILES string of the molecule is CC#CCOc1ccc(C(=O)Nc2csc([C@@]34COC(C)(C)C[C@@H]3CSC(N)=N4)n2)nc1.CC#CCOc1ccc(C(=O)Nc2csc([C@]34COC(C)(C)C[C@H]3CSC(N)=N4)n2)nc1. The van der Waals surface area contributed by atoms with Gasteiger partial charge in [0.05, 0.1) is 36.8 Å². The molecule has 0 saturated carbocycles. The van der Waals surface area contributed by atoms with Crippen molar-refractivity contribution in [3.8, 4) is 35.2 Å². The Hall–Kier alpha value is -5.22. The maximum atomic E-state index is 12.6. The Morgan fingerprint density at radius 2 is 1.14 bits per heavy atom. The average Bonchev–Trinajstić information content (AvgIpc) is 3.95. The van der Waals surface area contributed by atoms with E-state index in [0.29, 0.717) is 46.7 Å². The molecule has 16 nitrogen and oxygen atoms in total. The van der Waals surface area contributed by atoms with E-state index in [1.807, 2.05) is 10.8 Å². The van der Waals surface area contributed by atoms with Crippen LogP contribution in [-0.4, -0.2) is 91.2 Å². The van der Waals surface area contributed by atoms with Crippen molar-refractivity contribution >= 4 is 80.0 Å². The second-order valence-electron chi connectivity index (χ2n) is 16.4. The van der Waals surface area contributed by atoms with E-state index in [-0.39, 0.29) is 59.5 Å². The lowest BCUT2D eigenvalue weighted by molar-refractivity contribution is -0.110. The van der Waals surface area contributed by atoms with Crippen LogP contribution in [0, 0.1) is 35.5 Å². The summed E-state index contributed by atoms with van der Waals surface area (Å²) < 4.78 is 23.1. The zero-order chi connectivity index (χ0) is 45.5. The fourth-order valence-electron chi connectivity index (χ4n) is 7.53. The third-order valence-electron chi connectivity index (χ3n) is 10.8. The maximum absolute atomic E-state index is 12.6. The van der Waals surface area contributed by atoms with Crippen molar-refractivity contribution < 1.29 is 28.5 Å². The molecule has 6 N–H and O–H groups in total. The monoisotopic (exact) mass is 942 g/mol. The number of thiazole rings is 2. The van der Waals surface area contributed by atoms with Gasteiger partial charge in [-0.2, -0.15) is 0 Å². The van der Waals surface area contributed by atoms with Gasteiger partial charge in [-0.15, -0.1) is 34.5 Å². The fraction of sp³-hybridized carbons (Fsp3) is 0.455. The van der Waals surface area contributed by atoms with Crippen molar-refractivity contribution in [2.24, 2.45) is 33.3 Å². The van der Waals surface area contributed by atoms with Gasteiger partial charge in [0.15, 0.2) is 10.3 Å². The van der Waals surface area contributed by atoms with Crippen molar-refractivity contribution in [1.82, 2.24) is 19.9 Å². The minimum Gasteiger partial charge on any atom is -0.479 e. The van der Waals surface area contributed by atoms with Crippen LogP contribution in [-0.2, 0) is 20.6 Å². The molecule has 8 heterocycles. The lowest BCUT2D eigenvalue weighted by atomic mass is 9.77. The van der Waals surface area contributed by atoms with Crippen LogP contribution in [0.1, 0.15) is 85.4 Å². The van der Waals surface area contributed by atoms with Gasteiger partial charge < -0.3 is 41.0 Å². The first kappa shape index (κ1) is 46.8. The topological polar surface area (TPSA) is 223 Å². The summed E-state index contributed by atoms with van der Waals surface area (Å²) in [4.78, 5) is 52.6. The summed E-state index contributed by atoms with van der Waals surface area (Å²) in [5, 5.41) is 11.9. The number of hydrogen-bond acceptors (Lipinski definition) is 18. The van der Waals surface area contributed by atoms with Crippen molar-refractivity contribution in [3.63, 3.8) is 0 Å². The van der Waals surface area contributed by atoms with E-state index < -0.39 is 11.1 Å². The van der Waals surface area contributed by atoms with Gasteiger partial charge in [-0.05, 0) is 78.6 Å². The number of carbonyl (C=O) groups is 2. The third-order valence-corrected chi connectivity index (χ3v) is 14.8. The molecule has 64 heavy (non-hydrogen) atoms. The van der Waals surface area contributed by atoms with E-state index in [1.165, 1.54) is 35.1 Å². The number of ether oxygens (including phenoxy) is 4. The van der Waals surface area contributed by atoms with Gasteiger partial charge in [0.1, 0.15) is 68.8 Å². The van der Waals surface area contributed by atoms with Crippen molar-refractivity contribution in [3.05, 3.63) is 68.8 Å². The number of pyridine rings is 2. The second kappa shape index (κ2) is 19.9. The highest BCUT2D eigenvalue weighted by molar-refractivity contribution is 8.14. The number of thioether (sulfide) groups is 2. The molecule has 2 fully saturated rings. The van der Waals surface area contributed by atoms with Crippen LogP contribution in [0.25, 0.3) is 0 Å². The number of amides is 2. The van der Waals surface area contributed by atoms with Crippen LogP contribution in [0.2, 0.25) is 0 Å². The zero-order valence-corrected chi connectivity index (χ0v) is 39.6. The number of aliphatic imine (C=N–C) groups is 2. The van der Waals surface area contributed by atoms with Gasteiger partial charge in [-0.1, -0.05) is 35.4 Å². The average molecular weight is 943 g/mol. The number of fused-ring (bicyclic) bond motifs is 2. The molecule has 0 aliphatic carbocycles. The van der Waals surface area contributed by atoms with Gasteiger partial charge in [-0.3, -0.25) is 9.59 Å². The number of nitrogens with two attached hydrogens (primary N) is 2. The van der Waals surface area contributed by atoms with Gasteiger partial charge in [0.25, 0.3) is 11.8 Å². The van der Waals surface area contributed by atoms with Crippen molar-refractivity contribution in [2.75, 3.05) is 48.6 Å². The van der Waals surface area contributed by atoms with Gasteiger partial charge in [0.2, 0.25) is 0 Å². The lowest BCUT2D eigenvalue weighted by Gasteiger charge is -2.47. The Bertz CT molecular complexity index is 2350. The van der Waals surface area contributed by atoms with Crippen LogP contribution < -0.4 is 31.6 Å². The number of nitrogens with one attached hydrogen (secondary N) is 2. The molecule has 0 unspecified atom stereocenters. The Kier molecular flexibility index (Phi) is 14.5. The molecule has 0 spiro atoms. The molecule has 2 amide bonds. The Labute approximate surface area is 389 Å². The second-order valence-corrected chi connectivity index (χ2v) is 20.2. The molecule has 4 aromatic rings. The number of amidine groups is 2. The number of hydrogen-bond donors (Lipinski definition) is 4. The van der Waals surface area contributed by atoms with Crippen LogP contribution >= 0.6 is 46.2 Å². The maximum Gasteiger partial charge on any atom is 0.275 e. The highest BCUT2D eigenvalue weighted by Crippen LogP contribution is 2.50. The minimum absolute atomic E-state index is 0.213. The summed E-state index contributed by atoms with van der Waals surface area (Å²) in [5.74, 6) is 14.7. The standard InChI is InChI=1S/2C22H25N5O3S2/c2*1-4-5-8-29-15-6-7-16(24-10-15)18(28)25-17-12-31-19(26-17)22-13-30-21(2,3)9-14(22)11-32-20(23)27-22/h2*6-7,10,12,14H,8-9,11,13H2,1-3H3,(H2,23,27)(H,25,28)/t2*14-,22-/m10/s1. The third kappa shape index (κ3) is 11.0. The summed E-state index contributed by atoms with van der Waals surface area (Å²) in [6.45, 7) is 13.3. The number of anilines is 2. The first-order valence-corrected chi connectivity index (χ1v) is 24.1. The molecular formula is C44H50N10O6S4. The molecule has 2 saturated heterocycles. The van der Waals surface area contributed by atoms with Crippen molar-refractivity contribution in [1.29, 1.82) is 0 Å². The van der Waals surface area contributed by atoms with Crippen molar-refractivity contribution in [2.45, 2.75) is 76.7 Å². The van der Waals surface area contributed by atoms with Gasteiger partial charge in [0, 0.05) is 34.1 Å². The minimum atomic E-state index is -0.614. The van der Waals surface area contributed by atoms with Crippen LogP contribution in [0.15, 0.2) is 57.4 Å². The van der Waals surface area contributed by atoms with E-state index in [9.17, 15) is 9.59 Å². The molecule has 4 aliphatic heterocycles. The van der Waals surface area contributed by atoms with E-state index in [2.05, 4.69) is 72.0 Å². The number of carbonyl (C=O) groups excluding carboxylic acids is 2. The molecule has 4 aromatic heterocycles. The largest absolute Gasteiger partial charge is 0.479 e. The molecule has 4 aliphatic rings. The van der Waals surface area contributed by atoms with E-state index in [0.717, 1.165) is 34.4 Å². The summed E-state index contributed by atoms with van der Waals surface area (Å²) in [7, 11) is 0. The van der Waals surface area contributed by atoms with Crippen LogP contribution in [0.4, 0.5) is 11.6 Å². The van der Waals surface area contributed by atoms with E-state index in [4.69, 9.17) is 50.4 Å². The van der Waals surface area contributed by atoms with Crippen LogP contribution in [0.3, 0.4) is 0 Å². The molecule has 8 rings (SSSR count). The predicted octanol–water partition coefficient (Wildman–Crippen LogP) is 6.53. The zero-order valence-electron chi connectivity index (χ0n) is 36.4. The highest BCUT2D eigenvalue weighted by atomic mass is 32.2. The first-order chi connectivity index (χ1) is 30.6. The molecule has 336 valence electrons. The van der Waals surface area contributed by atoms with Gasteiger partial charge >= 0.3 is 0 Å². The fourth-order valence-corrected chi connectivity index (χ4v) is 11.4. The molecule has 4 atom stereocenters. The normalized spacial score (nSPS) is 23.8. The highest BCUT2D eigenvalue weighted by Gasteiger charge is 2.53.